The van der Waals surface area contributed by atoms with Gasteiger partial charge in [-0.3, -0.25) is 20.0 Å². The third-order valence-electron chi connectivity index (χ3n) is 4.67. The smallest absolute Gasteiger partial charge is 0.272 e. The fourth-order valence-corrected chi connectivity index (χ4v) is 3.04. The lowest BCUT2D eigenvalue weighted by Crippen LogP contribution is -2.19. The Balaban J connectivity index is 1.50. The van der Waals surface area contributed by atoms with Crippen molar-refractivity contribution in [1.29, 1.82) is 0 Å². The van der Waals surface area contributed by atoms with Crippen LogP contribution in [0.5, 0.6) is 0 Å². The van der Waals surface area contributed by atoms with E-state index < -0.39 is 10.8 Å². The third-order valence-corrected chi connectivity index (χ3v) is 4.67. The molecule has 0 bridgehead atoms. The summed E-state index contributed by atoms with van der Waals surface area (Å²) in [6, 6.07) is 21.5. The zero-order valence-corrected chi connectivity index (χ0v) is 16.0. The first kappa shape index (κ1) is 19.0. The van der Waals surface area contributed by atoms with Crippen LogP contribution in [0.1, 0.15) is 23.0 Å². The maximum atomic E-state index is 12.4. The molecule has 0 radical (unpaired) electrons. The van der Waals surface area contributed by atoms with Crippen LogP contribution in [0, 0.1) is 10.1 Å². The molecule has 0 aliphatic heterocycles. The Morgan fingerprint density at radius 1 is 1.03 bits per heavy atom. The molecule has 0 unspecified atom stereocenters. The Morgan fingerprint density at radius 2 is 1.83 bits per heavy atom. The second-order valence-electron chi connectivity index (χ2n) is 6.67. The summed E-state index contributed by atoms with van der Waals surface area (Å²) >= 11 is 0. The van der Waals surface area contributed by atoms with Crippen molar-refractivity contribution in [2.75, 3.05) is 0 Å². The summed E-state index contributed by atoms with van der Waals surface area (Å²) in [5.41, 5.74) is 5.19. The Bertz CT molecular complexity index is 1290. The number of rotatable bonds is 5. The number of aromatic nitrogens is 2. The van der Waals surface area contributed by atoms with Gasteiger partial charge in [0.2, 0.25) is 0 Å². The first-order valence-electron chi connectivity index (χ1n) is 9.15. The number of amides is 1. The molecule has 0 aliphatic rings. The van der Waals surface area contributed by atoms with Crippen LogP contribution in [-0.2, 0) is 0 Å². The summed E-state index contributed by atoms with van der Waals surface area (Å²) in [6.07, 6.45) is 0. The van der Waals surface area contributed by atoms with E-state index in [-0.39, 0.29) is 11.4 Å². The quantitative estimate of drug-likeness (QED) is 0.296. The maximum Gasteiger partial charge on any atom is 0.289 e. The van der Waals surface area contributed by atoms with Gasteiger partial charge < -0.3 is 0 Å². The number of hydrogen-bond acceptors (Lipinski definition) is 5. The molecule has 8 heteroatoms. The molecule has 0 fully saturated rings. The van der Waals surface area contributed by atoms with Gasteiger partial charge in [-0.25, -0.2) is 5.43 Å². The topological polar surface area (TPSA) is 113 Å². The van der Waals surface area contributed by atoms with Crippen molar-refractivity contribution in [2.45, 2.75) is 6.92 Å². The van der Waals surface area contributed by atoms with Gasteiger partial charge in [-0.05, 0) is 35.4 Å². The van der Waals surface area contributed by atoms with Gasteiger partial charge >= 0.3 is 0 Å². The molecule has 1 heterocycles. The van der Waals surface area contributed by atoms with Crippen LogP contribution in [-0.4, -0.2) is 26.7 Å². The minimum Gasteiger partial charge on any atom is -0.272 e. The van der Waals surface area contributed by atoms with Crippen molar-refractivity contribution in [2.24, 2.45) is 5.10 Å². The number of hydrogen-bond donors (Lipinski definition) is 2. The van der Waals surface area contributed by atoms with Crippen LogP contribution in [0.4, 0.5) is 5.69 Å². The summed E-state index contributed by atoms with van der Waals surface area (Å²) in [5, 5.41) is 24.0. The van der Waals surface area contributed by atoms with E-state index in [1.54, 1.807) is 12.1 Å². The average molecular weight is 399 g/mol. The fourth-order valence-electron chi connectivity index (χ4n) is 3.04. The molecular weight excluding hydrogens is 382 g/mol. The summed E-state index contributed by atoms with van der Waals surface area (Å²) in [6.45, 7) is 1.81. The summed E-state index contributed by atoms with van der Waals surface area (Å²) < 4.78 is 0. The number of carbonyl (C=O) groups is 1. The highest BCUT2D eigenvalue weighted by molar-refractivity contribution is 6.03. The van der Waals surface area contributed by atoms with E-state index in [9.17, 15) is 14.9 Å². The Kier molecular flexibility index (Phi) is 5.04. The normalized spacial score (nSPS) is 11.4. The maximum absolute atomic E-state index is 12.4. The lowest BCUT2D eigenvalue weighted by Gasteiger charge is -2.04. The number of carbonyl (C=O) groups excluding carboxylic acids is 1. The van der Waals surface area contributed by atoms with Gasteiger partial charge in [0.25, 0.3) is 11.6 Å². The SMILES string of the molecule is CC(=NNC(=O)c1cc(-c2cccc([N+](=O)[O-])c2)n[nH]1)c1ccc2ccccc2c1. The molecule has 0 saturated carbocycles. The molecule has 3 aromatic carbocycles. The van der Waals surface area contributed by atoms with E-state index in [1.807, 2.05) is 49.4 Å². The molecular formula is C22H17N5O3. The van der Waals surface area contributed by atoms with Gasteiger partial charge in [0.15, 0.2) is 0 Å². The second kappa shape index (κ2) is 7.96. The largest absolute Gasteiger partial charge is 0.289 e. The van der Waals surface area contributed by atoms with E-state index >= 15 is 0 Å². The zero-order chi connectivity index (χ0) is 21.1. The highest BCUT2D eigenvalue weighted by Crippen LogP contribution is 2.22. The highest BCUT2D eigenvalue weighted by atomic mass is 16.6. The molecule has 8 nitrogen and oxygen atoms in total. The zero-order valence-electron chi connectivity index (χ0n) is 16.0. The Hall–Kier alpha value is -4.33. The molecule has 0 atom stereocenters. The van der Waals surface area contributed by atoms with Crippen LogP contribution in [0.15, 0.2) is 77.9 Å². The monoisotopic (exact) mass is 399 g/mol. The highest BCUT2D eigenvalue weighted by Gasteiger charge is 2.13. The van der Waals surface area contributed by atoms with Crippen LogP contribution >= 0.6 is 0 Å². The predicted octanol–water partition coefficient (Wildman–Crippen LogP) is 4.29. The van der Waals surface area contributed by atoms with Gasteiger partial charge in [-0.2, -0.15) is 10.2 Å². The van der Waals surface area contributed by atoms with E-state index in [4.69, 9.17) is 0 Å². The molecule has 30 heavy (non-hydrogen) atoms. The van der Waals surface area contributed by atoms with E-state index in [1.165, 1.54) is 18.2 Å². The molecule has 148 valence electrons. The number of nitrogens with one attached hydrogen (secondary N) is 2. The summed E-state index contributed by atoms with van der Waals surface area (Å²) in [4.78, 5) is 22.9. The molecule has 4 rings (SSSR count). The number of benzene rings is 3. The fraction of sp³-hybridized carbons (Fsp3) is 0.0455. The molecule has 4 aromatic rings. The third kappa shape index (κ3) is 3.93. The van der Waals surface area contributed by atoms with Crippen molar-refractivity contribution in [3.63, 3.8) is 0 Å². The van der Waals surface area contributed by atoms with Crippen LogP contribution < -0.4 is 5.43 Å². The molecule has 2 N–H and O–H groups in total. The summed E-state index contributed by atoms with van der Waals surface area (Å²) in [7, 11) is 0. The number of non-ortho nitro benzene ring substituents is 1. The van der Waals surface area contributed by atoms with Crippen LogP contribution in [0.25, 0.3) is 22.0 Å². The van der Waals surface area contributed by atoms with Crippen molar-refractivity contribution in [1.82, 2.24) is 15.6 Å². The van der Waals surface area contributed by atoms with Gasteiger partial charge in [0, 0.05) is 17.7 Å². The Labute approximate surface area is 171 Å². The van der Waals surface area contributed by atoms with Gasteiger partial charge in [-0.1, -0.05) is 48.5 Å². The lowest BCUT2D eigenvalue weighted by atomic mass is 10.0. The van der Waals surface area contributed by atoms with E-state index in [2.05, 4.69) is 20.7 Å². The molecule has 0 saturated heterocycles. The van der Waals surface area contributed by atoms with Crippen molar-refractivity contribution in [3.05, 3.63) is 94.2 Å². The summed E-state index contributed by atoms with van der Waals surface area (Å²) in [5.74, 6) is -0.459. The standard InChI is InChI=1S/C22H17N5O3/c1-14(16-10-9-15-5-2-3-6-17(15)11-16)23-26-22(28)21-13-20(24-25-21)18-7-4-8-19(12-18)27(29)30/h2-13H,1H3,(H,24,25)(H,26,28). The number of nitrogens with zero attached hydrogens (tertiary/aromatic N) is 3. The van der Waals surface area contributed by atoms with Crippen LogP contribution in [0.2, 0.25) is 0 Å². The minimum absolute atomic E-state index is 0.0443. The first-order valence-corrected chi connectivity index (χ1v) is 9.15. The number of fused-ring (bicyclic) bond motifs is 1. The number of H-pyrrole nitrogens is 1. The van der Waals surface area contributed by atoms with Crippen molar-refractivity contribution >= 4 is 28.1 Å². The van der Waals surface area contributed by atoms with E-state index in [0.717, 1.165) is 16.3 Å². The number of nitro groups is 1. The lowest BCUT2D eigenvalue weighted by molar-refractivity contribution is -0.384. The van der Waals surface area contributed by atoms with Gasteiger partial charge in [0.05, 0.1) is 16.3 Å². The second-order valence-corrected chi connectivity index (χ2v) is 6.67. The molecule has 0 aliphatic carbocycles. The van der Waals surface area contributed by atoms with Gasteiger partial charge in [-0.15, -0.1) is 0 Å². The van der Waals surface area contributed by atoms with E-state index in [0.29, 0.717) is 17.0 Å². The van der Waals surface area contributed by atoms with Crippen LogP contribution in [0.3, 0.4) is 0 Å². The molecule has 1 aromatic heterocycles. The molecule has 0 spiro atoms. The Morgan fingerprint density at radius 3 is 2.63 bits per heavy atom. The number of hydrazone groups is 1. The minimum atomic E-state index is -0.478. The first-order chi connectivity index (χ1) is 14.5. The van der Waals surface area contributed by atoms with Crippen molar-refractivity contribution < 1.29 is 9.72 Å². The average Bonchev–Trinajstić information content (AvgIpc) is 3.27. The molecule has 1 amide bonds. The van der Waals surface area contributed by atoms with Crippen molar-refractivity contribution in [3.8, 4) is 11.3 Å². The number of nitro benzene ring substituents is 1. The number of aromatic amines is 1. The predicted molar refractivity (Wildman–Crippen MR) is 114 cm³/mol. The van der Waals surface area contributed by atoms with Gasteiger partial charge in [0.1, 0.15) is 5.69 Å².